The zero-order chi connectivity index (χ0) is 26.4. The lowest BCUT2D eigenvalue weighted by Crippen LogP contribution is -2.38. The number of Topliss-reactive ketones (excluding diaryl/α,β-unsaturated/α-hetero) is 1. The number of ketones is 1. The van der Waals surface area contributed by atoms with Crippen LogP contribution in [0.5, 0.6) is 11.5 Å². The van der Waals surface area contributed by atoms with E-state index in [0.717, 1.165) is 19.6 Å². The van der Waals surface area contributed by atoms with E-state index in [-0.39, 0.29) is 17.9 Å². The molecule has 37 heavy (non-hydrogen) atoms. The summed E-state index contributed by atoms with van der Waals surface area (Å²) in [6.45, 7) is 3.84. The van der Waals surface area contributed by atoms with Gasteiger partial charge in [-0.15, -0.1) is 0 Å². The summed E-state index contributed by atoms with van der Waals surface area (Å²) in [5.41, 5.74) is 6.20. The van der Waals surface area contributed by atoms with Crippen LogP contribution >= 0.6 is 0 Å². The van der Waals surface area contributed by atoms with Crippen LogP contribution in [0.1, 0.15) is 23.6 Å². The Morgan fingerprint density at radius 3 is 2.30 bits per heavy atom. The number of nitrogens with zero attached hydrogens (tertiary/aromatic N) is 2. The number of likely N-dealkylation sites (tertiary alicyclic amines) is 1. The monoisotopic (exact) mass is 509 g/mol. The fourth-order valence-electron chi connectivity index (χ4n) is 4.55. The standard InChI is InChI=1S/C27H31N3O7/c1-35-20-7-5-19(6-8-20)25(32)23-24(18-3-9-21(10-4-18)37-17-22(28)31)30(27(34)26(23)33)12-2-11-29-13-15-36-16-14-29/h3-10,24,32H,2,11-17H2,1H3,(H2,28,31)/b25-23-. The van der Waals surface area contributed by atoms with Gasteiger partial charge in [-0.3, -0.25) is 19.3 Å². The molecule has 2 aromatic rings. The number of hydrogen-bond acceptors (Lipinski definition) is 8. The highest BCUT2D eigenvalue weighted by Gasteiger charge is 2.45. The molecule has 2 aliphatic heterocycles. The number of primary amides is 1. The number of morpholine rings is 1. The molecule has 2 aromatic carbocycles. The van der Waals surface area contributed by atoms with Crippen LogP contribution in [0, 0.1) is 0 Å². The van der Waals surface area contributed by atoms with Crippen molar-refractivity contribution < 1.29 is 33.7 Å². The van der Waals surface area contributed by atoms with Crippen LogP contribution < -0.4 is 15.2 Å². The normalized spacial score (nSPS) is 19.7. The van der Waals surface area contributed by atoms with Gasteiger partial charge in [-0.1, -0.05) is 12.1 Å². The summed E-state index contributed by atoms with van der Waals surface area (Å²) >= 11 is 0. The Morgan fingerprint density at radius 1 is 1.03 bits per heavy atom. The molecule has 2 heterocycles. The molecule has 10 nitrogen and oxygen atoms in total. The van der Waals surface area contributed by atoms with Crippen molar-refractivity contribution in [3.63, 3.8) is 0 Å². The van der Waals surface area contributed by atoms with Crippen LogP contribution in [-0.4, -0.2) is 85.6 Å². The minimum atomic E-state index is -0.781. The number of hydrogen-bond donors (Lipinski definition) is 2. The Bertz CT molecular complexity index is 1160. The van der Waals surface area contributed by atoms with Crippen molar-refractivity contribution in [2.24, 2.45) is 5.73 Å². The van der Waals surface area contributed by atoms with Crippen LogP contribution in [0.2, 0.25) is 0 Å². The van der Waals surface area contributed by atoms with Crippen LogP contribution in [0.4, 0.5) is 0 Å². The molecule has 1 atom stereocenters. The third-order valence-corrected chi connectivity index (χ3v) is 6.46. The Kier molecular flexibility index (Phi) is 8.42. The Labute approximate surface area is 215 Å². The van der Waals surface area contributed by atoms with Crippen LogP contribution in [-0.2, 0) is 19.1 Å². The van der Waals surface area contributed by atoms with Crippen molar-refractivity contribution in [2.45, 2.75) is 12.5 Å². The smallest absolute Gasteiger partial charge is 0.295 e. The second kappa shape index (κ2) is 11.9. The van der Waals surface area contributed by atoms with Gasteiger partial charge in [-0.25, -0.2) is 0 Å². The summed E-state index contributed by atoms with van der Waals surface area (Å²) in [5.74, 6) is -1.23. The van der Waals surface area contributed by atoms with E-state index in [0.29, 0.717) is 48.8 Å². The second-order valence-corrected chi connectivity index (χ2v) is 8.85. The van der Waals surface area contributed by atoms with Crippen LogP contribution in [0.3, 0.4) is 0 Å². The summed E-state index contributed by atoms with van der Waals surface area (Å²) in [6, 6.07) is 12.5. The van der Waals surface area contributed by atoms with E-state index in [1.54, 1.807) is 48.5 Å². The fourth-order valence-corrected chi connectivity index (χ4v) is 4.55. The van der Waals surface area contributed by atoms with E-state index in [9.17, 15) is 19.5 Å². The molecule has 0 aromatic heterocycles. The molecule has 2 fully saturated rings. The third-order valence-electron chi connectivity index (χ3n) is 6.46. The summed E-state index contributed by atoms with van der Waals surface area (Å²) < 4.78 is 15.9. The lowest BCUT2D eigenvalue weighted by Gasteiger charge is -2.29. The lowest BCUT2D eigenvalue weighted by molar-refractivity contribution is -0.140. The highest BCUT2D eigenvalue weighted by molar-refractivity contribution is 6.46. The van der Waals surface area contributed by atoms with Gasteiger partial charge in [0.1, 0.15) is 17.3 Å². The Hall–Kier alpha value is -3.89. The first-order chi connectivity index (χ1) is 17.9. The average molecular weight is 510 g/mol. The predicted octanol–water partition coefficient (Wildman–Crippen LogP) is 1.70. The summed E-state index contributed by atoms with van der Waals surface area (Å²) in [6.07, 6.45) is 0.659. The van der Waals surface area contributed by atoms with E-state index >= 15 is 0 Å². The molecule has 2 amide bonds. The molecule has 4 rings (SSSR count). The molecule has 10 heteroatoms. The molecule has 1 unspecified atom stereocenters. The van der Waals surface area contributed by atoms with Gasteiger partial charge in [0.2, 0.25) is 0 Å². The van der Waals surface area contributed by atoms with Crippen molar-refractivity contribution in [1.29, 1.82) is 0 Å². The molecular formula is C27H31N3O7. The van der Waals surface area contributed by atoms with Crippen molar-refractivity contribution in [3.8, 4) is 11.5 Å². The molecule has 3 N–H and O–H groups in total. The number of benzene rings is 2. The summed E-state index contributed by atoms with van der Waals surface area (Å²) in [4.78, 5) is 41.2. The van der Waals surface area contributed by atoms with Crippen LogP contribution in [0.25, 0.3) is 5.76 Å². The molecule has 196 valence electrons. The molecule has 0 radical (unpaired) electrons. The summed E-state index contributed by atoms with van der Waals surface area (Å²) in [7, 11) is 1.54. The number of ether oxygens (including phenoxy) is 3. The lowest BCUT2D eigenvalue weighted by atomic mass is 9.95. The maximum atomic E-state index is 13.2. The highest BCUT2D eigenvalue weighted by atomic mass is 16.5. The van der Waals surface area contributed by atoms with Crippen LogP contribution in [0.15, 0.2) is 54.1 Å². The number of aliphatic hydroxyl groups is 1. The van der Waals surface area contributed by atoms with Gasteiger partial charge in [0, 0.05) is 31.7 Å². The second-order valence-electron chi connectivity index (χ2n) is 8.85. The number of carbonyl (C=O) groups is 3. The van der Waals surface area contributed by atoms with Crippen molar-refractivity contribution >= 4 is 23.4 Å². The first-order valence-corrected chi connectivity index (χ1v) is 12.1. The SMILES string of the molecule is COc1ccc(/C(O)=C2/C(=O)C(=O)N(CCCN3CCOCC3)C2c2ccc(OCC(N)=O)cc2)cc1. The maximum Gasteiger partial charge on any atom is 0.295 e. The molecule has 2 aliphatic rings. The number of amides is 2. The van der Waals surface area contributed by atoms with E-state index in [4.69, 9.17) is 19.9 Å². The number of aliphatic hydroxyl groups excluding tert-OH is 1. The van der Waals surface area contributed by atoms with Gasteiger partial charge in [0.25, 0.3) is 17.6 Å². The largest absolute Gasteiger partial charge is 0.507 e. The number of nitrogens with two attached hydrogens (primary N) is 1. The van der Waals surface area contributed by atoms with E-state index < -0.39 is 23.6 Å². The van der Waals surface area contributed by atoms with E-state index in [1.165, 1.54) is 12.0 Å². The van der Waals surface area contributed by atoms with Crippen molar-refractivity contribution in [2.75, 3.05) is 53.1 Å². The van der Waals surface area contributed by atoms with Gasteiger partial charge in [0.15, 0.2) is 6.61 Å². The predicted molar refractivity (Wildman–Crippen MR) is 135 cm³/mol. The van der Waals surface area contributed by atoms with Crippen molar-refractivity contribution in [3.05, 3.63) is 65.2 Å². The zero-order valence-electron chi connectivity index (χ0n) is 20.7. The minimum absolute atomic E-state index is 0.0207. The Balaban J connectivity index is 1.64. The third kappa shape index (κ3) is 6.10. The molecule has 0 spiro atoms. The van der Waals surface area contributed by atoms with Gasteiger partial charge in [-0.05, 0) is 48.4 Å². The van der Waals surface area contributed by atoms with Crippen molar-refractivity contribution in [1.82, 2.24) is 9.80 Å². The summed E-state index contributed by atoms with van der Waals surface area (Å²) in [5, 5.41) is 11.2. The number of methoxy groups -OCH3 is 1. The van der Waals surface area contributed by atoms with Gasteiger partial charge in [-0.2, -0.15) is 0 Å². The molecule has 2 saturated heterocycles. The molecule has 0 aliphatic carbocycles. The first-order valence-electron chi connectivity index (χ1n) is 12.1. The highest BCUT2D eigenvalue weighted by Crippen LogP contribution is 2.40. The Morgan fingerprint density at radius 2 is 1.68 bits per heavy atom. The fraction of sp³-hybridized carbons (Fsp3) is 0.370. The van der Waals surface area contributed by atoms with E-state index in [2.05, 4.69) is 4.90 Å². The molecular weight excluding hydrogens is 478 g/mol. The maximum absolute atomic E-state index is 13.2. The van der Waals surface area contributed by atoms with Gasteiger partial charge >= 0.3 is 0 Å². The average Bonchev–Trinajstić information content (AvgIpc) is 3.17. The molecule has 0 bridgehead atoms. The quantitative estimate of drug-likeness (QED) is 0.281. The van der Waals surface area contributed by atoms with Gasteiger partial charge < -0.3 is 30.0 Å². The number of carbonyl (C=O) groups excluding carboxylic acids is 3. The zero-order valence-corrected chi connectivity index (χ0v) is 20.7. The topological polar surface area (TPSA) is 132 Å². The minimum Gasteiger partial charge on any atom is -0.507 e. The molecule has 0 saturated carbocycles. The van der Waals surface area contributed by atoms with Gasteiger partial charge in [0.05, 0.1) is 31.9 Å². The van der Waals surface area contributed by atoms with E-state index in [1.807, 2.05) is 0 Å². The number of rotatable bonds is 10. The first kappa shape index (κ1) is 26.2.